The van der Waals surface area contributed by atoms with Crippen LogP contribution in [0.2, 0.25) is 0 Å². The number of fused-ring (bicyclic) bond motifs is 1. The van der Waals surface area contributed by atoms with E-state index >= 15 is 0 Å². The molecule has 0 aliphatic carbocycles. The molecule has 5 heteroatoms. The minimum absolute atomic E-state index is 0.0109. The Hall–Kier alpha value is -1.88. The fraction of sp³-hybridized carbons (Fsp3) is 0.200. The number of aromatic nitrogens is 1. The summed E-state index contributed by atoms with van der Waals surface area (Å²) in [6.07, 6.45) is 2.17. The summed E-state index contributed by atoms with van der Waals surface area (Å²) < 4.78 is 13.5. The van der Waals surface area contributed by atoms with Gasteiger partial charge in [0.1, 0.15) is 0 Å². The van der Waals surface area contributed by atoms with E-state index in [1.807, 2.05) is 24.3 Å². The molecule has 20 heavy (non-hydrogen) atoms. The van der Waals surface area contributed by atoms with E-state index < -0.39 is 11.9 Å². The summed E-state index contributed by atoms with van der Waals surface area (Å²) in [6.45, 7) is 0. The van der Waals surface area contributed by atoms with Gasteiger partial charge in [0.05, 0.1) is 11.6 Å². The van der Waals surface area contributed by atoms with Crippen LogP contribution in [0.15, 0.2) is 47.5 Å². The Bertz CT molecular complexity index is 647. The van der Waals surface area contributed by atoms with Crippen molar-refractivity contribution >= 4 is 17.7 Å². The zero-order valence-electron chi connectivity index (χ0n) is 10.7. The maximum absolute atomic E-state index is 13.5. The van der Waals surface area contributed by atoms with Crippen molar-refractivity contribution in [3.63, 3.8) is 0 Å². The summed E-state index contributed by atoms with van der Waals surface area (Å²) in [6, 6.07) is 10.9. The van der Waals surface area contributed by atoms with Crippen LogP contribution in [0.1, 0.15) is 28.4 Å². The Morgan fingerprint density at radius 3 is 3.00 bits per heavy atom. The van der Waals surface area contributed by atoms with Crippen LogP contribution in [0.25, 0.3) is 0 Å². The van der Waals surface area contributed by atoms with Crippen LogP contribution in [0.5, 0.6) is 0 Å². The summed E-state index contributed by atoms with van der Waals surface area (Å²) in [5, 5.41) is 2.90. The fourth-order valence-electron chi connectivity index (χ4n) is 2.28. The Morgan fingerprint density at radius 1 is 1.30 bits per heavy atom. The van der Waals surface area contributed by atoms with Crippen LogP contribution in [-0.2, 0) is 0 Å². The largest absolute Gasteiger partial charge is 0.345 e. The summed E-state index contributed by atoms with van der Waals surface area (Å²) in [4.78, 5) is 16.8. The van der Waals surface area contributed by atoms with E-state index in [1.165, 1.54) is 17.2 Å². The van der Waals surface area contributed by atoms with Gasteiger partial charge in [-0.1, -0.05) is 18.2 Å². The van der Waals surface area contributed by atoms with Crippen LogP contribution in [0, 0.1) is 5.95 Å². The Labute approximate surface area is 120 Å². The number of nitrogens with one attached hydrogen (secondary N) is 1. The molecule has 1 atom stereocenters. The number of nitrogens with zero attached hydrogens (tertiary/aromatic N) is 1. The van der Waals surface area contributed by atoms with Gasteiger partial charge in [0.15, 0.2) is 0 Å². The van der Waals surface area contributed by atoms with Gasteiger partial charge in [-0.05, 0) is 30.2 Å². The summed E-state index contributed by atoms with van der Waals surface area (Å²) >= 11 is 1.78. The number of pyridine rings is 1. The molecule has 1 amide bonds. The number of rotatable bonds is 2. The molecular formula is C15H13FN2OS. The number of carbonyl (C=O) groups is 1. The Balaban J connectivity index is 1.83. The zero-order chi connectivity index (χ0) is 13.9. The van der Waals surface area contributed by atoms with Crippen molar-refractivity contribution in [3.05, 3.63) is 59.7 Å². The van der Waals surface area contributed by atoms with Crippen molar-refractivity contribution in [2.24, 2.45) is 0 Å². The second kappa shape index (κ2) is 5.63. The van der Waals surface area contributed by atoms with Crippen molar-refractivity contribution in [3.8, 4) is 0 Å². The van der Waals surface area contributed by atoms with Crippen molar-refractivity contribution in [2.75, 3.05) is 5.75 Å². The molecule has 102 valence electrons. The number of thioether (sulfide) groups is 1. The molecule has 2 aromatic rings. The molecule has 0 fully saturated rings. The quantitative estimate of drug-likeness (QED) is 0.863. The molecule has 3 nitrogen and oxygen atoms in total. The van der Waals surface area contributed by atoms with Gasteiger partial charge in [-0.25, -0.2) is 4.98 Å². The first kappa shape index (κ1) is 13.1. The highest BCUT2D eigenvalue weighted by Gasteiger charge is 2.23. The first-order chi connectivity index (χ1) is 9.75. The van der Waals surface area contributed by atoms with Crippen molar-refractivity contribution in [1.29, 1.82) is 0 Å². The first-order valence-electron chi connectivity index (χ1n) is 6.39. The molecule has 0 saturated heterocycles. The molecule has 1 aliphatic heterocycles. The number of hydrogen-bond acceptors (Lipinski definition) is 3. The van der Waals surface area contributed by atoms with Gasteiger partial charge in [-0.3, -0.25) is 4.79 Å². The lowest BCUT2D eigenvalue weighted by Crippen LogP contribution is -2.31. The van der Waals surface area contributed by atoms with Crippen molar-refractivity contribution < 1.29 is 9.18 Å². The molecule has 2 heterocycles. The predicted octanol–water partition coefficient (Wildman–Crippen LogP) is 3.19. The van der Waals surface area contributed by atoms with Crippen LogP contribution in [0.3, 0.4) is 0 Å². The normalized spacial score (nSPS) is 17.4. The fourth-order valence-corrected chi connectivity index (χ4v) is 3.41. The molecule has 3 rings (SSSR count). The van der Waals surface area contributed by atoms with Gasteiger partial charge in [0, 0.05) is 16.8 Å². The van der Waals surface area contributed by atoms with Gasteiger partial charge in [-0.2, -0.15) is 4.39 Å². The molecule has 1 unspecified atom stereocenters. The monoisotopic (exact) mass is 288 g/mol. The Morgan fingerprint density at radius 2 is 2.15 bits per heavy atom. The van der Waals surface area contributed by atoms with Crippen LogP contribution < -0.4 is 5.32 Å². The lowest BCUT2D eigenvalue weighted by atomic mass is 10.0. The second-order valence-electron chi connectivity index (χ2n) is 4.54. The van der Waals surface area contributed by atoms with Crippen molar-refractivity contribution in [1.82, 2.24) is 10.3 Å². The number of halogens is 1. The average Bonchev–Trinajstić information content (AvgIpc) is 2.48. The number of amides is 1. The molecule has 0 bridgehead atoms. The first-order valence-corrected chi connectivity index (χ1v) is 7.37. The standard InChI is InChI=1S/C15H13FN2OS/c16-14-11(5-3-8-17-14)15(19)18-12-7-9-20-13-6-2-1-4-10(12)13/h1-6,8,12H,7,9H2,(H,18,19). The highest BCUT2D eigenvalue weighted by Crippen LogP contribution is 2.35. The molecule has 1 aromatic carbocycles. The third-order valence-electron chi connectivity index (χ3n) is 3.27. The summed E-state index contributed by atoms with van der Waals surface area (Å²) in [5.41, 5.74) is 1.09. The minimum atomic E-state index is -0.733. The molecule has 0 radical (unpaired) electrons. The van der Waals surface area contributed by atoms with E-state index in [0.717, 1.165) is 17.7 Å². The molecule has 0 spiro atoms. The van der Waals surface area contributed by atoms with Crippen LogP contribution in [-0.4, -0.2) is 16.6 Å². The third-order valence-corrected chi connectivity index (χ3v) is 4.39. The average molecular weight is 288 g/mol. The highest BCUT2D eigenvalue weighted by molar-refractivity contribution is 7.99. The smallest absolute Gasteiger partial charge is 0.256 e. The van der Waals surface area contributed by atoms with E-state index in [4.69, 9.17) is 0 Å². The van der Waals surface area contributed by atoms with Crippen molar-refractivity contribution in [2.45, 2.75) is 17.4 Å². The Kier molecular flexibility index (Phi) is 3.69. The summed E-state index contributed by atoms with van der Waals surface area (Å²) in [5.74, 6) is -0.205. The predicted molar refractivity (Wildman–Crippen MR) is 76.2 cm³/mol. The molecule has 1 N–H and O–H groups in total. The van der Waals surface area contributed by atoms with Gasteiger partial charge >= 0.3 is 0 Å². The maximum Gasteiger partial charge on any atom is 0.256 e. The van der Waals surface area contributed by atoms with Crippen LogP contribution >= 0.6 is 11.8 Å². The maximum atomic E-state index is 13.5. The molecular weight excluding hydrogens is 275 g/mol. The number of hydrogen-bond donors (Lipinski definition) is 1. The molecule has 1 aliphatic rings. The van der Waals surface area contributed by atoms with E-state index in [-0.39, 0.29) is 11.6 Å². The lowest BCUT2D eigenvalue weighted by Gasteiger charge is -2.25. The minimum Gasteiger partial charge on any atom is -0.345 e. The topological polar surface area (TPSA) is 42.0 Å². The van der Waals surface area contributed by atoms with Gasteiger partial charge in [0.2, 0.25) is 5.95 Å². The molecule has 1 aromatic heterocycles. The number of carbonyl (C=O) groups excluding carboxylic acids is 1. The van der Waals surface area contributed by atoms with Gasteiger partial charge in [0.25, 0.3) is 5.91 Å². The number of benzene rings is 1. The van der Waals surface area contributed by atoms with Gasteiger partial charge < -0.3 is 5.32 Å². The van der Waals surface area contributed by atoms with E-state index in [9.17, 15) is 9.18 Å². The van der Waals surface area contributed by atoms with E-state index in [2.05, 4.69) is 10.3 Å². The second-order valence-corrected chi connectivity index (χ2v) is 5.68. The zero-order valence-corrected chi connectivity index (χ0v) is 11.5. The third kappa shape index (κ3) is 2.54. The summed E-state index contributed by atoms with van der Waals surface area (Å²) in [7, 11) is 0. The van der Waals surface area contributed by atoms with E-state index in [1.54, 1.807) is 17.8 Å². The highest BCUT2D eigenvalue weighted by atomic mass is 32.2. The van der Waals surface area contributed by atoms with E-state index in [0.29, 0.717) is 0 Å². The lowest BCUT2D eigenvalue weighted by molar-refractivity contribution is 0.0930. The van der Waals surface area contributed by atoms with Gasteiger partial charge in [-0.15, -0.1) is 11.8 Å². The molecule has 0 saturated carbocycles. The SMILES string of the molecule is O=C(NC1CCSc2ccccc21)c1cccnc1F. The van der Waals surface area contributed by atoms with Crippen LogP contribution in [0.4, 0.5) is 4.39 Å².